The molecule has 2 rings (SSSR count). The van der Waals surface area contributed by atoms with Crippen LogP contribution in [0.15, 0.2) is 24.3 Å². The van der Waals surface area contributed by atoms with E-state index in [1.54, 1.807) is 12.1 Å². The number of phenols is 1. The molecule has 0 aromatic heterocycles. The molecule has 0 saturated carbocycles. The molecule has 4 nitrogen and oxygen atoms in total. The monoisotopic (exact) mass is 235 g/mol. The molecule has 2 N–H and O–H groups in total. The number of carbonyl (C=O) groups excluding carboxylic acids is 1. The van der Waals surface area contributed by atoms with Crippen LogP contribution in [0.1, 0.15) is 24.3 Å². The molecule has 1 fully saturated rings. The lowest BCUT2D eigenvalue weighted by molar-refractivity contribution is -0.143. The predicted octanol–water partition coefficient (Wildman–Crippen LogP) is 1.40. The molecule has 0 bridgehead atoms. The molecule has 1 aliphatic heterocycles. The fraction of sp³-hybridized carbons (Fsp3) is 0.462. The lowest BCUT2D eigenvalue weighted by Crippen LogP contribution is -2.43. The number of methoxy groups -OCH3 is 1. The lowest BCUT2D eigenvalue weighted by atomic mass is 9.86. The van der Waals surface area contributed by atoms with Gasteiger partial charge in [0.2, 0.25) is 0 Å². The fourth-order valence-corrected chi connectivity index (χ4v) is 2.32. The van der Waals surface area contributed by atoms with Crippen LogP contribution in [-0.2, 0) is 9.53 Å². The maximum atomic E-state index is 11.5. The molecule has 0 radical (unpaired) electrons. The summed E-state index contributed by atoms with van der Waals surface area (Å²) in [5.74, 6) is 0.359. The fourth-order valence-electron chi connectivity index (χ4n) is 2.32. The third-order valence-electron chi connectivity index (χ3n) is 3.23. The van der Waals surface area contributed by atoms with Crippen LogP contribution in [0, 0.1) is 0 Å². The molecule has 92 valence electrons. The van der Waals surface area contributed by atoms with Crippen molar-refractivity contribution in [1.82, 2.24) is 5.32 Å². The summed E-state index contributed by atoms with van der Waals surface area (Å²) in [6, 6.07) is 7.01. The molecule has 1 heterocycles. The van der Waals surface area contributed by atoms with Crippen LogP contribution in [-0.4, -0.2) is 30.8 Å². The number of phenolic OH excluding ortho intramolecular Hbond substituents is 1. The molecule has 0 spiro atoms. The number of esters is 1. The van der Waals surface area contributed by atoms with E-state index in [2.05, 4.69) is 5.32 Å². The molecule has 1 aromatic rings. The zero-order valence-corrected chi connectivity index (χ0v) is 9.85. The van der Waals surface area contributed by atoms with Crippen molar-refractivity contribution >= 4 is 5.97 Å². The van der Waals surface area contributed by atoms with Crippen LogP contribution in [0.2, 0.25) is 0 Å². The zero-order chi connectivity index (χ0) is 12.3. The van der Waals surface area contributed by atoms with E-state index in [0.717, 1.165) is 24.9 Å². The van der Waals surface area contributed by atoms with E-state index in [-0.39, 0.29) is 17.8 Å². The number of benzene rings is 1. The number of nitrogens with one attached hydrogen (secondary N) is 1. The topological polar surface area (TPSA) is 58.6 Å². The number of piperidine rings is 1. The first-order valence-corrected chi connectivity index (χ1v) is 5.81. The van der Waals surface area contributed by atoms with Crippen molar-refractivity contribution in [2.75, 3.05) is 13.7 Å². The summed E-state index contributed by atoms with van der Waals surface area (Å²) in [7, 11) is 1.40. The summed E-state index contributed by atoms with van der Waals surface area (Å²) >= 11 is 0. The Morgan fingerprint density at radius 1 is 1.53 bits per heavy atom. The number of aromatic hydroxyl groups is 1. The van der Waals surface area contributed by atoms with Gasteiger partial charge in [0.25, 0.3) is 0 Å². The van der Waals surface area contributed by atoms with Crippen molar-refractivity contribution in [2.24, 2.45) is 0 Å². The highest BCUT2D eigenvalue weighted by atomic mass is 16.5. The summed E-state index contributed by atoms with van der Waals surface area (Å²) in [6.45, 7) is 0.792. The van der Waals surface area contributed by atoms with E-state index in [1.165, 1.54) is 7.11 Å². The van der Waals surface area contributed by atoms with Gasteiger partial charge in [0.1, 0.15) is 11.8 Å². The second-order valence-electron chi connectivity index (χ2n) is 4.35. The maximum Gasteiger partial charge on any atom is 0.322 e. The molecule has 0 amide bonds. The molecule has 0 aliphatic carbocycles. The van der Waals surface area contributed by atoms with E-state index in [1.807, 2.05) is 12.1 Å². The van der Waals surface area contributed by atoms with Crippen molar-refractivity contribution in [2.45, 2.75) is 24.8 Å². The number of rotatable bonds is 2. The van der Waals surface area contributed by atoms with Crippen LogP contribution in [0.5, 0.6) is 5.75 Å². The molecule has 0 unspecified atom stereocenters. The van der Waals surface area contributed by atoms with Gasteiger partial charge in [-0.3, -0.25) is 4.79 Å². The summed E-state index contributed by atoms with van der Waals surface area (Å²) in [6.07, 6.45) is 1.69. The Kier molecular flexibility index (Phi) is 3.64. The number of hydrogen-bond donors (Lipinski definition) is 2. The van der Waals surface area contributed by atoms with E-state index in [4.69, 9.17) is 4.74 Å². The van der Waals surface area contributed by atoms with Crippen molar-refractivity contribution in [3.63, 3.8) is 0 Å². The molecule has 2 atom stereocenters. The standard InChI is InChI=1S/C13H17NO3/c1-17-13(16)12-8-10(5-6-14-12)9-3-2-4-11(15)7-9/h2-4,7,10,12,14-15H,5-6,8H2,1H3/t10-,12-/m0/s1. The highest BCUT2D eigenvalue weighted by molar-refractivity contribution is 5.75. The van der Waals surface area contributed by atoms with E-state index in [0.29, 0.717) is 5.92 Å². The van der Waals surface area contributed by atoms with Crippen LogP contribution in [0.4, 0.5) is 0 Å². The third-order valence-corrected chi connectivity index (χ3v) is 3.23. The van der Waals surface area contributed by atoms with E-state index < -0.39 is 0 Å². The average Bonchev–Trinajstić information content (AvgIpc) is 2.38. The minimum atomic E-state index is -0.235. The van der Waals surface area contributed by atoms with Gasteiger partial charge < -0.3 is 15.2 Å². The van der Waals surface area contributed by atoms with Crippen LogP contribution in [0.25, 0.3) is 0 Å². The van der Waals surface area contributed by atoms with Gasteiger partial charge >= 0.3 is 5.97 Å². The van der Waals surface area contributed by atoms with Crippen LogP contribution >= 0.6 is 0 Å². The Balaban J connectivity index is 2.09. The van der Waals surface area contributed by atoms with Gasteiger partial charge in [0.15, 0.2) is 0 Å². The maximum absolute atomic E-state index is 11.5. The van der Waals surface area contributed by atoms with Crippen molar-refractivity contribution in [1.29, 1.82) is 0 Å². The smallest absolute Gasteiger partial charge is 0.322 e. The molecular weight excluding hydrogens is 218 g/mol. The number of carbonyl (C=O) groups is 1. The Bertz CT molecular complexity index is 405. The normalized spacial score (nSPS) is 24.3. The van der Waals surface area contributed by atoms with Gasteiger partial charge in [-0.2, -0.15) is 0 Å². The van der Waals surface area contributed by atoms with E-state index in [9.17, 15) is 9.90 Å². The van der Waals surface area contributed by atoms with Crippen molar-refractivity contribution in [3.8, 4) is 5.75 Å². The van der Waals surface area contributed by atoms with Gasteiger partial charge in [0, 0.05) is 0 Å². The summed E-state index contributed by atoms with van der Waals surface area (Å²) in [5.41, 5.74) is 1.08. The predicted molar refractivity (Wildman–Crippen MR) is 63.9 cm³/mol. The molecular formula is C13H17NO3. The molecule has 1 aliphatic rings. The Morgan fingerprint density at radius 3 is 3.06 bits per heavy atom. The van der Waals surface area contributed by atoms with Gasteiger partial charge in [-0.25, -0.2) is 0 Å². The second-order valence-corrected chi connectivity index (χ2v) is 4.35. The van der Waals surface area contributed by atoms with Crippen molar-refractivity contribution in [3.05, 3.63) is 29.8 Å². The first kappa shape index (κ1) is 11.9. The highest BCUT2D eigenvalue weighted by Crippen LogP contribution is 2.29. The quantitative estimate of drug-likeness (QED) is 0.761. The Hall–Kier alpha value is -1.55. The lowest BCUT2D eigenvalue weighted by Gasteiger charge is -2.28. The number of hydrogen-bond acceptors (Lipinski definition) is 4. The van der Waals surface area contributed by atoms with E-state index >= 15 is 0 Å². The average molecular weight is 235 g/mol. The highest BCUT2D eigenvalue weighted by Gasteiger charge is 2.28. The first-order valence-electron chi connectivity index (χ1n) is 5.81. The molecule has 1 saturated heterocycles. The molecule has 1 aromatic carbocycles. The van der Waals surface area contributed by atoms with Gasteiger partial charge in [-0.15, -0.1) is 0 Å². The Labute approximate surface area is 101 Å². The van der Waals surface area contributed by atoms with Gasteiger partial charge in [0.05, 0.1) is 7.11 Å². The zero-order valence-electron chi connectivity index (χ0n) is 9.85. The molecule has 4 heteroatoms. The van der Waals surface area contributed by atoms with Crippen LogP contribution in [0.3, 0.4) is 0 Å². The van der Waals surface area contributed by atoms with Gasteiger partial charge in [-0.1, -0.05) is 12.1 Å². The summed E-state index contributed by atoms with van der Waals surface area (Å²) in [5, 5.41) is 12.6. The minimum absolute atomic E-state index is 0.213. The van der Waals surface area contributed by atoms with Crippen molar-refractivity contribution < 1.29 is 14.6 Å². The summed E-state index contributed by atoms with van der Waals surface area (Å²) < 4.78 is 4.75. The Morgan fingerprint density at radius 2 is 2.35 bits per heavy atom. The van der Waals surface area contributed by atoms with Gasteiger partial charge in [-0.05, 0) is 43.0 Å². The summed E-state index contributed by atoms with van der Waals surface area (Å²) in [4.78, 5) is 11.5. The van der Waals surface area contributed by atoms with Crippen LogP contribution < -0.4 is 5.32 Å². The largest absolute Gasteiger partial charge is 0.508 e. The second kappa shape index (κ2) is 5.19. The minimum Gasteiger partial charge on any atom is -0.508 e. The number of ether oxygens (including phenoxy) is 1. The molecule has 17 heavy (non-hydrogen) atoms. The third kappa shape index (κ3) is 2.77. The SMILES string of the molecule is COC(=O)[C@@H]1C[C@@H](c2cccc(O)c2)CCN1. The first-order chi connectivity index (χ1) is 8.20.